The van der Waals surface area contributed by atoms with E-state index in [1.54, 1.807) is 6.07 Å². The van der Waals surface area contributed by atoms with Crippen LogP contribution in [-0.2, 0) is 0 Å². The maximum absolute atomic E-state index is 12.2. The normalized spacial score (nSPS) is 17.9. The molecule has 108 valence electrons. The number of pyridine rings is 1. The van der Waals surface area contributed by atoms with E-state index in [0.29, 0.717) is 23.3 Å². The first-order chi connectivity index (χ1) is 10.2. The van der Waals surface area contributed by atoms with E-state index < -0.39 is 0 Å². The fourth-order valence-corrected chi connectivity index (χ4v) is 2.91. The topological polar surface area (TPSA) is 42.0 Å². The van der Waals surface area contributed by atoms with Gasteiger partial charge in [-0.15, -0.1) is 0 Å². The molecule has 1 atom stereocenters. The van der Waals surface area contributed by atoms with Crippen LogP contribution >= 0.6 is 11.6 Å². The first-order valence-corrected chi connectivity index (χ1v) is 7.60. The van der Waals surface area contributed by atoms with E-state index in [1.807, 2.05) is 24.3 Å². The van der Waals surface area contributed by atoms with Crippen molar-refractivity contribution in [2.45, 2.75) is 19.3 Å². The van der Waals surface area contributed by atoms with Gasteiger partial charge in [0.25, 0.3) is 5.91 Å². The van der Waals surface area contributed by atoms with Crippen molar-refractivity contribution in [1.29, 1.82) is 0 Å². The number of amides is 1. The van der Waals surface area contributed by atoms with Gasteiger partial charge in [-0.2, -0.15) is 0 Å². The Bertz CT molecular complexity index is 696. The highest BCUT2D eigenvalue weighted by atomic mass is 35.5. The summed E-state index contributed by atoms with van der Waals surface area (Å²) in [6, 6.07) is 9.46. The Morgan fingerprint density at radius 2 is 2.19 bits per heavy atom. The molecular formula is C17H17ClN2O. The number of allylic oxidation sites excluding steroid dienone is 2. The number of nitrogens with zero attached hydrogens (tertiary/aromatic N) is 1. The molecule has 0 aliphatic heterocycles. The molecule has 0 fully saturated rings. The van der Waals surface area contributed by atoms with Gasteiger partial charge in [0.2, 0.25) is 0 Å². The third-order valence-electron chi connectivity index (χ3n) is 3.86. The molecule has 4 heteroatoms. The van der Waals surface area contributed by atoms with Crippen molar-refractivity contribution in [2.24, 2.45) is 5.92 Å². The van der Waals surface area contributed by atoms with E-state index in [0.717, 1.165) is 30.0 Å². The fourth-order valence-electron chi connectivity index (χ4n) is 2.64. The van der Waals surface area contributed by atoms with Crippen molar-refractivity contribution < 1.29 is 4.79 Å². The molecule has 0 saturated carbocycles. The molecule has 3 nitrogen and oxygen atoms in total. The lowest BCUT2D eigenvalue weighted by Gasteiger charge is -2.18. The van der Waals surface area contributed by atoms with Crippen LogP contribution in [0.2, 0.25) is 5.15 Å². The number of carbonyl (C=O) groups is 1. The number of carbonyl (C=O) groups excluding carboxylic acids is 1. The van der Waals surface area contributed by atoms with E-state index in [2.05, 4.69) is 22.5 Å². The molecule has 1 N–H and O–H groups in total. The SMILES string of the molecule is O=C(NCC1CC=CCC1)c1cc2ccccc2c(Cl)n1. The standard InChI is InChI=1S/C17H17ClN2O/c18-16-14-9-5-4-8-13(14)10-15(20-16)17(21)19-11-12-6-2-1-3-7-12/h1-2,4-5,8-10,12H,3,6-7,11H2,(H,19,21). The summed E-state index contributed by atoms with van der Waals surface area (Å²) in [7, 11) is 0. The molecule has 0 bridgehead atoms. The van der Waals surface area contributed by atoms with Gasteiger partial charge in [-0.3, -0.25) is 4.79 Å². The molecule has 1 aromatic heterocycles. The highest BCUT2D eigenvalue weighted by Crippen LogP contribution is 2.22. The Hall–Kier alpha value is -1.87. The Morgan fingerprint density at radius 1 is 1.33 bits per heavy atom. The van der Waals surface area contributed by atoms with Crippen LogP contribution in [0.15, 0.2) is 42.5 Å². The van der Waals surface area contributed by atoms with Crippen molar-refractivity contribution in [3.05, 3.63) is 53.3 Å². The fraction of sp³-hybridized carbons (Fsp3) is 0.294. The maximum Gasteiger partial charge on any atom is 0.269 e. The zero-order valence-electron chi connectivity index (χ0n) is 11.7. The first kappa shape index (κ1) is 14.1. The summed E-state index contributed by atoms with van der Waals surface area (Å²) in [5, 5.41) is 5.14. The number of hydrogen-bond donors (Lipinski definition) is 1. The number of halogens is 1. The van der Waals surface area contributed by atoms with Gasteiger partial charge in [0.05, 0.1) is 0 Å². The minimum absolute atomic E-state index is 0.155. The predicted octanol–water partition coefficient (Wildman–Crippen LogP) is 3.97. The van der Waals surface area contributed by atoms with Gasteiger partial charge in [-0.25, -0.2) is 4.98 Å². The van der Waals surface area contributed by atoms with Crippen LogP contribution < -0.4 is 5.32 Å². The first-order valence-electron chi connectivity index (χ1n) is 7.22. The second-order valence-electron chi connectivity index (χ2n) is 5.38. The molecule has 1 aromatic carbocycles. The number of aromatic nitrogens is 1. The van der Waals surface area contributed by atoms with Gasteiger partial charge >= 0.3 is 0 Å². The third-order valence-corrected chi connectivity index (χ3v) is 4.14. The molecule has 3 rings (SSSR count). The van der Waals surface area contributed by atoms with E-state index >= 15 is 0 Å². The lowest BCUT2D eigenvalue weighted by atomic mass is 9.94. The predicted molar refractivity (Wildman–Crippen MR) is 85.6 cm³/mol. The summed E-state index contributed by atoms with van der Waals surface area (Å²) in [6.45, 7) is 0.690. The Morgan fingerprint density at radius 3 is 3.00 bits per heavy atom. The molecule has 1 amide bonds. The summed E-state index contributed by atoms with van der Waals surface area (Å²) in [4.78, 5) is 16.4. The highest BCUT2D eigenvalue weighted by Gasteiger charge is 2.14. The lowest BCUT2D eigenvalue weighted by molar-refractivity contribution is 0.0941. The van der Waals surface area contributed by atoms with Crippen molar-refractivity contribution in [1.82, 2.24) is 10.3 Å². The molecule has 0 spiro atoms. The van der Waals surface area contributed by atoms with Gasteiger partial charge in [0.15, 0.2) is 0 Å². The Balaban J connectivity index is 1.73. The Kier molecular flexibility index (Phi) is 4.20. The van der Waals surface area contributed by atoms with Crippen molar-refractivity contribution in [2.75, 3.05) is 6.54 Å². The average molecular weight is 301 g/mol. The van der Waals surface area contributed by atoms with Crippen molar-refractivity contribution in [3.63, 3.8) is 0 Å². The number of benzene rings is 1. The van der Waals surface area contributed by atoms with Crippen LogP contribution in [0.25, 0.3) is 10.8 Å². The van der Waals surface area contributed by atoms with Crippen LogP contribution in [0.3, 0.4) is 0 Å². The maximum atomic E-state index is 12.2. The lowest BCUT2D eigenvalue weighted by Crippen LogP contribution is -2.30. The number of nitrogens with one attached hydrogen (secondary N) is 1. The van der Waals surface area contributed by atoms with E-state index in [9.17, 15) is 4.79 Å². The van der Waals surface area contributed by atoms with Gasteiger partial charge in [0, 0.05) is 11.9 Å². The van der Waals surface area contributed by atoms with Crippen molar-refractivity contribution >= 4 is 28.3 Å². The average Bonchev–Trinajstić information content (AvgIpc) is 2.53. The van der Waals surface area contributed by atoms with Crippen LogP contribution in [0, 0.1) is 5.92 Å². The second-order valence-corrected chi connectivity index (χ2v) is 5.74. The van der Waals surface area contributed by atoms with Crippen LogP contribution in [0.4, 0.5) is 0 Å². The molecule has 1 unspecified atom stereocenters. The molecule has 1 aliphatic carbocycles. The van der Waals surface area contributed by atoms with Gasteiger partial charge in [0.1, 0.15) is 10.8 Å². The zero-order chi connectivity index (χ0) is 14.7. The van der Waals surface area contributed by atoms with Crippen LogP contribution in [0.1, 0.15) is 29.8 Å². The van der Waals surface area contributed by atoms with E-state index in [-0.39, 0.29) is 5.91 Å². The molecular weight excluding hydrogens is 284 g/mol. The second kappa shape index (κ2) is 6.27. The smallest absolute Gasteiger partial charge is 0.269 e. The largest absolute Gasteiger partial charge is 0.350 e. The molecule has 1 aliphatic rings. The quantitative estimate of drug-likeness (QED) is 0.688. The van der Waals surface area contributed by atoms with Crippen LogP contribution in [0.5, 0.6) is 0 Å². The molecule has 0 saturated heterocycles. The monoisotopic (exact) mass is 300 g/mol. The summed E-state index contributed by atoms with van der Waals surface area (Å²) >= 11 is 6.15. The van der Waals surface area contributed by atoms with E-state index in [1.165, 1.54) is 0 Å². The molecule has 21 heavy (non-hydrogen) atoms. The highest BCUT2D eigenvalue weighted by molar-refractivity contribution is 6.34. The summed E-state index contributed by atoms with van der Waals surface area (Å²) < 4.78 is 0. The number of fused-ring (bicyclic) bond motifs is 1. The van der Waals surface area contributed by atoms with Crippen LogP contribution in [-0.4, -0.2) is 17.4 Å². The summed E-state index contributed by atoms with van der Waals surface area (Å²) in [5.74, 6) is 0.368. The zero-order valence-corrected chi connectivity index (χ0v) is 12.4. The van der Waals surface area contributed by atoms with Crippen molar-refractivity contribution in [3.8, 4) is 0 Å². The minimum Gasteiger partial charge on any atom is -0.350 e. The molecule has 1 heterocycles. The molecule has 0 radical (unpaired) electrons. The minimum atomic E-state index is -0.155. The summed E-state index contributed by atoms with van der Waals surface area (Å²) in [5.41, 5.74) is 0.380. The molecule has 2 aromatic rings. The number of hydrogen-bond acceptors (Lipinski definition) is 2. The number of rotatable bonds is 3. The summed E-state index contributed by atoms with van der Waals surface area (Å²) in [6.07, 6.45) is 7.64. The Labute approximate surface area is 129 Å². The van der Waals surface area contributed by atoms with E-state index in [4.69, 9.17) is 11.6 Å². The van der Waals surface area contributed by atoms with Gasteiger partial charge in [-0.1, -0.05) is 48.0 Å². The van der Waals surface area contributed by atoms with Gasteiger partial charge in [-0.05, 0) is 36.6 Å². The third kappa shape index (κ3) is 3.24. The van der Waals surface area contributed by atoms with Gasteiger partial charge < -0.3 is 5.32 Å².